The maximum absolute atomic E-state index is 14.2. The van der Waals surface area contributed by atoms with E-state index in [-0.39, 0.29) is 23.2 Å². The van der Waals surface area contributed by atoms with Crippen molar-refractivity contribution in [3.8, 4) is 12.3 Å². The van der Waals surface area contributed by atoms with Crippen molar-refractivity contribution in [1.82, 2.24) is 20.5 Å². The van der Waals surface area contributed by atoms with Crippen molar-refractivity contribution in [1.29, 1.82) is 0 Å². The quantitative estimate of drug-likeness (QED) is 0.139. The third-order valence-corrected chi connectivity index (χ3v) is 9.32. The first-order valence-corrected chi connectivity index (χ1v) is 16.7. The molecule has 2 aliphatic heterocycles. The van der Waals surface area contributed by atoms with Crippen molar-refractivity contribution < 1.29 is 18.6 Å². The predicted molar refractivity (Wildman–Crippen MR) is 179 cm³/mol. The zero-order chi connectivity index (χ0) is 31.8. The molecule has 2 saturated heterocycles. The van der Waals surface area contributed by atoms with Crippen LogP contribution in [-0.2, 0) is 15.9 Å². The maximum Gasteiger partial charge on any atom is 0.412 e. The molecule has 4 rings (SSSR count). The Balaban J connectivity index is 0.00000169. The topological polar surface area (TPSA) is 93.2 Å². The standard InChI is InChI=1S/C32H50BN5O3.C3H4/c1-4-5-6-7-8-12-18-38-19-17-36-33(38,41-21-20-38)28(22-26(2)3)24-31(39)29(23-27-13-10-9-11-14-27)37-32(40)30-25-34-15-16-35-30;1-3-2/h9-11,13-16,25-26,28-29,36H,4-8,12,17-24H2,1-3H3,(H,37,40);1H,2H3/t28-,29+,33?,38?;/m1./s1. The maximum atomic E-state index is 14.2. The number of fused-ring (bicyclic) bond motifs is 1. The van der Waals surface area contributed by atoms with E-state index >= 15 is 0 Å². The summed E-state index contributed by atoms with van der Waals surface area (Å²) in [6, 6.07) is 9.25. The zero-order valence-electron chi connectivity index (χ0n) is 27.5. The molecule has 44 heavy (non-hydrogen) atoms. The third kappa shape index (κ3) is 9.47. The number of Topliss-reactive ketones (excluding diaryl/α,β-unsaturated/α-hetero) is 1. The SMILES string of the molecule is C#CC.CCCCCCCC[N+]12CCN[B-]1([C@@H](CC(=O)[C@H](Cc1ccccc1)NC(=O)c1cnccn1)CC(C)C)OCC2. The predicted octanol–water partition coefficient (Wildman–Crippen LogP) is 5.58. The number of unbranched alkanes of at least 4 members (excludes halogenated alkanes) is 5. The van der Waals surface area contributed by atoms with E-state index in [1.807, 2.05) is 30.3 Å². The van der Waals surface area contributed by atoms with Crippen LogP contribution in [0.1, 0.15) is 95.1 Å². The number of aromatic nitrogens is 2. The summed E-state index contributed by atoms with van der Waals surface area (Å²) in [5.74, 6) is 2.42. The van der Waals surface area contributed by atoms with Crippen molar-refractivity contribution in [2.45, 2.75) is 97.3 Å². The molecule has 1 aromatic heterocycles. The molecule has 8 nitrogen and oxygen atoms in total. The first kappa shape index (κ1) is 35.4. The molecule has 2 aliphatic rings. The Labute approximate surface area is 265 Å². The number of terminal acetylenes is 1. The number of hydrogen-bond donors (Lipinski definition) is 2. The highest BCUT2D eigenvalue weighted by Gasteiger charge is 2.60. The Morgan fingerprint density at radius 1 is 1.11 bits per heavy atom. The van der Waals surface area contributed by atoms with Gasteiger partial charge in [0.1, 0.15) is 5.69 Å². The van der Waals surface area contributed by atoms with E-state index in [1.54, 1.807) is 6.92 Å². The van der Waals surface area contributed by atoms with Gasteiger partial charge >= 0.3 is 6.62 Å². The molecular weight excluding hydrogens is 549 g/mol. The third-order valence-electron chi connectivity index (χ3n) is 9.32. The Hall–Kier alpha value is -3.06. The number of amides is 1. The fourth-order valence-electron chi connectivity index (χ4n) is 7.36. The average molecular weight is 604 g/mol. The fourth-order valence-corrected chi connectivity index (χ4v) is 7.36. The monoisotopic (exact) mass is 603 g/mol. The largest absolute Gasteiger partial charge is 0.521 e. The molecule has 1 aromatic carbocycles. The van der Waals surface area contributed by atoms with Gasteiger partial charge in [-0.15, -0.1) is 12.3 Å². The van der Waals surface area contributed by atoms with E-state index in [0.29, 0.717) is 18.8 Å². The highest BCUT2D eigenvalue weighted by atomic mass is 16.5. The summed E-state index contributed by atoms with van der Waals surface area (Å²) in [5.41, 5.74) is 1.23. The van der Waals surface area contributed by atoms with Gasteiger partial charge in [0.05, 0.1) is 31.9 Å². The van der Waals surface area contributed by atoms with Crippen molar-refractivity contribution in [3.63, 3.8) is 0 Å². The fraction of sp³-hybridized carbons (Fsp3) is 0.600. The average Bonchev–Trinajstić information content (AvgIpc) is 3.55. The van der Waals surface area contributed by atoms with Gasteiger partial charge in [0.2, 0.25) is 0 Å². The molecule has 9 heteroatoms. The molecular formula is C35H54BN5O3. The summed E-state index contributed by atoms with van der Waals surface area (Å²) in [4.78, 5) is 35.5. The number of benzene rings is 1. The number of rotatable bonds is 17. The highest BCUT2D eigenvalue weighted by molar-refractivity contribution is 6.67. The first-order chi connectivity index (χ1) is 21.3. The van der Waals surface area contributed by atoms with E-state index in [0.717, 1.165) is 49.2 Å². The molecule has 0 aliphatic carbocycles. The molecule has 0 bridgehead atoms. The van der Waals surface area contributed by atoms with E-state index in [1.165, 1.54) is 57.1 Å². The Bertz CT molecular complexity index is 1180. The summed E-state index contributed by atoms with van der Waals surface area (Å²) < 4.78 is 7.71. The first-order valence-electron chi connectivity index (χ1n) is 16.7. The minimum atomic E-state index is -1.42. The number of hydrogen-bond acceptors (Lipinski definition) is 6. The minimum absolute atomic E-state index is 0.0508. The minimum Gasteiger partial charge on any atom is -0.521 e. The van der Waals surface area contributed by atoms with Crippen LogP contribution in [0.15, 0.2) is 48.9 Å². The normalized spacial score (nSPS) is 21.9. The Kier molecular flexibility index (Phi) is 14.5. The zero-order valence-corrected chi connectivity index (χ0v) is 27.5. The number of ketones is 1. The van der Waals surface area contributed by atoms with Gasteiger partial charge in [0, 0.05) is 25.5 Å². The van der Waals surface area contributed by atoms with Crippen LogP contribution in [0.4, 0.5) is 0 Å². The molecule has 2 fully saturated rings. The van der Waals surface area contributed by atoms with Gasteiger partial charge in [-0.3, -0.25) is 14.6 Å². The molecule has 0 spiro atoms. The van der Waals surface area contributed by atoms with Crippen molar-refractivity contribution in [2.75, 3.05) is 32.8 Å². The lowest BCUT2D eigenvalue weighted by Crippen LogP contribution is -2.70. The van der Waals surface area contributed by atoms with Crippen LogP contribution in [0.2, 0.25) is 5.82 Å². The van der Waals surface area contributed by atoms with E-state index < -0.39 is 12.7 Å². The molecule has 0 saturated carbocycles. The van der Waals surface area contributed by atoms with Crippen LogP contribution in [0.25, 0.3) is 0 Å². The number of carbonyl (C=O) groups is 2. The molecule has 1 amide bonds. The lowest BCUT2D eigenvalue weighted by atomic mass is 9.47. The van der Waals surface area contributed by atoms with Crippen LogP contribution in [0.5, 0.6) is 0 Å². The van der Waals surface area contributed by atoms with Crippen LogP contribution >= 0.6 is 0 Å². The van der Waals surface area contributed by atoms with E-state index in [4.69, 9.17) is 4.65 Å². The molecule has 2 N–H and O–H groups in total. The van der Waals surface area contributed by atoms with Crippen LogP contribution < -0.4 is 10.5 Å². The molecule has 240 valence electrons. The van der Waals surface area contributed by atoms with E-state index in [2.05, 4.69) is 53.6 Å². The summed E-state index contributed by atoms with van der Waals surface area (Å²) in [6.45, 7) is 11.8. The van der Waals surface area contributed by atoms with Gasteiger partial charge in [-0.2, -0.15) is 0 Å². The summed E-state index contributed by atoms with van der Waals surface area (Å²) in [7, 11) is 0. The second kappa shape index (κ2) is 18.0. The van der Waals surface area contributed by atoms with Crippen LogP contribution in [-0.4, -0.2) is 71.5 Å². The van der Waals surface area contributed by atoms with Gasteiger partial charge in [0.25, 0.3) is 5.91 Å². The molecule has 0 radical (unpaired) electrons. The lowest BCUT2D eigenvalue weighted by Gasteiger charge is -2.52. The van der Waals surface area contributed by atoms with Gasteiger partial charge in [-0.05, 0) is 44.1 Å². The summed E-state index contributed by atoms with van der Waals surface area (Å²) >= 11 is 0. The number of nitrogens with zero attached hydrogens (tertiary/aromatic N) is 3. The molecule has 2 aromatic rings. The smallest absolute Gasteiger partial charge is 0.412 e. The van der Waals surface area contributed by atoms with Gasteiger partial charge in [0.15, 0.2) is 5.78 Å². The molecule has 4 atom stereocenters. The number of nitrogens with one attached hydrogen (secondary N) is 2. The second-order valence-corrected chi connectivity index (χ2v) is 12.9. The van der Waals surface area contributed by atoms with Crippen molar-refractivity contribution >= 4 is 18.3 Å². The second-order valence-electron chi connectivity index (χ2n) is 12.9. The lowest BCUT2D eigenvalue weighted by molar-refractivity contribution is -0.822. The summed E-state index contributed by atoms with van der Waals surface area (Å²) in [6.07, 6.45) is 18.4. The highest BCUT2D eigenvalue weighted by Crippen LogP contribution is 2.44. The van der Waals surface area contributed by atoms with Crippen LogP contribution in [0, 0.1) is 18.3 Å². The van der Waals surface area contributed by atoms with Gasteiger partial charge < -0.3 is 19.6 Å². The van der Waals surface area contributed by atoms with Crippen molar-refractivity contribution in [2.24, 2.45) is 5.92 Å². The Morgan fingerprint density at radius 2 is 1.84 bits per heavy atom. The summed E-state index contributed by atoms with van der Waals surface area (Å²) in [5, 5.41) is 6.86. The number of carbonyl (C=O) groups excluding carboxylic acids is 2. The van der Waals surface area contributed by atoms with Gasteiger partial charge in [-0.25, -0.2) is 4.98 Å². The van der Waals surface area contributed by atoms with E-state index in [9.17, 15) is 9.59 Å². The van der Waals surface area contributed by atoms with Crippen LogP contribution in [0.3, 0.4) is 0 Å². The van der Waals surface area contributed by atoms with Gasteiger partial charge in [-0.1, -0.05) is 89.0 Å². The van der Waals surface area contributed by atoms with Crippen molar-refractivity contribution in [3.05, 3.63) is 60.2 Å². The number of quaternary nitrogens is 1. The molecule has 2 unspecified atom stereocenters. The molecule has 3 heterocycles. The Morgan fingerprint density at radius 3 is 2.52 bits per heavy atom.